The molecule has 0 aromatic heterocycles. The van der Waals surface area contributed by atoms with Crippen molar-refractivity contribution in [2.75, 3.05) is 19.5 Å². The van der Waals surface area contributed by atoms with Crippen LogP contribution in [-0.2, 0) is 18.0 Å². The summed E-state index contributed by atoms with van der Waals surface area (Å²) >= 11 is 0. The molecule has 0 bridgehead atoms. The molecule has 5 nitrogen and oxygen atoms in total. The first-order chi connectivity index (χ1) is 9.29. The minimum atomic E-state index is -2.70. The van der Waals surface area contributed by atoms with Crippen molar-refractivity contribution >= 4 is 30.0 Å². The number of carbonyl (C=O) groups is 1. The summed E-state index contributed by atoms with van der Waals surface area (Å²) < 4.78 is 24.1. The Labute approximate surface area is 131 Å². The number of likely N-dealkylation sites (tertiary alicyclic amines) is 1. The van der Waals surface area contributed by atoms with Crippen LogP contribution in [0.1, 0.15) is 12.8 Å². The molecule has 21 heavy (non-hydrogen) atoms. The predicted molar refractivity (Wildman–Crippen MR) is 92.0 cm³/mol. The molecule has 0 saturated carbocycles. The van der Waals surface area contributed by atoms with Gasteiger partial charge in [0.15, 0.2) is 8.32 Å². The number of rotatable bonds is 6. The van der Waals surface area contributed by atoms with Crippen molar-refractivity contribution < 1.29 is 18.0 Å². The van der Waals surface area contributed by atoms with E-state index >= 15 is 0 Å². The van der Waals surface area contributed by atoms with Gasteiger partial charge in [0.2, 0.25) is 15.7 Å². The molecular formula is C13H30NO4PSi2. The van der Waals surface area contributed by atoms with Crippen molar-refractivity contribution in [3.8, 4) is 0 Å². The third kappa shape index (κ3) is 7.24. The molecule has 1 rings (SSSR count). The monoisotopic (exact) mass is 351 g/mol. The van der Waals surface area contributed by atoms with Crippen molar-refractivity contribution in [1.82, 2.24) is 4.90 Å². The van der Waals surface area contributed by atoms with Gasteiger partial charge in [-0.25, -0.2) is 0 Å². The van der Waals surface area contributed by atoms with Crippen LogP contribution in [-0.4, -0.2) is 53.0 Å². The first-order valence-corrected chi connectivity index (χ1v) is 16.6. The molecule has 0 aromatic rings. The second-order valence-corrected chi connectivity index (χ2v) is 19.6. The van der Waals surface area contributed by atoms with Gasteiger partial charge >= 0.3 is 5.97 Å². The zero-order valence-corrected chi connectivity index (χ0v) is 17.3. The molecule has 1 aliphatic heterocycles. The predicted octanol–water partition coefficient (Wildman–Crippen LogP) is 3.55. The minimum Gasteiger partial charge on any atom is -0.519 e. The molecule has 1 fully saturated rings. The third-order valence-corrected chi connectivity index (χ3v) is 8.37. The van der Waals surface area contributed by atoms with E-state index in [2.05, 4.69) is 0 Å². The first kappa shape index (κ1) is 19.1. The van der Waals surface area contributed by atoms with Crippen LogP contribution in [0.15, 0.2) is 0 Å². The summed E-state index contributed by atoms with van der Waals surface area (Å²) in [5.74, 6) is -0.153. The second kappa shape index (κ2) is 6.66. The van der Waals surface area contributed by atoms with Crippen LogP contribution in [0.25, 0.3) is 0 Å². The van der Waals surface area contributed by atoms with Gasteiger partial charge in [0.25, 0.3) is 0 Å². The Bertz CT molecular complexity index is 431. The van der Waals surface area contributed by atoms with Crippen LogP contribution in [0.3, 0.4) is 0 Å². The molecular weight excluding hydrogens is 321 g/mol. The lowest BCUT2D eigenvalue weighted by atomic mass is 10.2. The van der Waals surface area contributed by atoms with Crippen molar-refractivity contribution in [1.29, 1.82) is 0 Å². The average Bonchev–Trinajstić information content (AvgIpc) is 2.57. The summed E-state index contributed by atoms with van der Waals surface area (Å²) in [5.41, 5.74) is 0. The van der Waals surface area contributed by atoms with Crippen LogP contribution in [0.5, 0.6) is 0 Å². The SMILES string of the molecule is C[Si](C)(C)OC(=O)[C@@H]1CCCN1C[P@](C)(=O)O[Si](C)(C)C. The number of carbonyl (C=O) groups excluding carboxylic acids is 1. The van der Waals surface area contributed by atoms with E-state index < -0.39 is 24.0 Å². The highest BCUT2D eigenvalue weighted by Gasteiger charge is 2.38. The van der Waals surface area contributed by atoms with E-state index in [1.54, 1.807) is 6.66 Å². The molecule has 1 saturated heterocycles. The molecule has 124 valence electrons. The fourth-order valence-corrected chi connectivity index (χ4v) is 9.17. The Morgan fingerprint density at radius 1 is 1.19 bits per heavy atom. The Morgan fingerprint density at radius 2 is 1.76 bits per heavy atom. The summed E-state index contributed by atoms with van der Waals surface area (Å²) in [7, 11) is -6.44. The van der Waals surface area contributed by atoms with E-state index in [9.17, 15) is 9.36 Å². The smallest absolute Gasteiger partial charge is 0.310 e. The molecule has 0 unspecified atom stereocenters. The lowest BCUT2D eigenvalue weighted by molar-refractivity contribution is -0.139. The highest BCUT2D eigenvalue weighted by atomic mass is 31.2. The Kier molecular flexibility index (Phi) is 6.06. The van der Waals surface area contributed by atoms with E-state index in [1.165, 1.54) is 0 Å². The van der Waals surface area contributed by atoms with Crippen LogP contribution >= 0.6 is 7.37 Å². The van der Waals surface area contributed by atoms with Gasteiger partial charge in [0, 0.05) is 6.66 Å². The van der Waals surface area contributed by atoms with Gasteiger partial charge in [-0.2, -0.15) is 0 Å². The molecule has 0 N–H and O–H groups in total. The van der Waals surface area contributed by atoms with Crippen LogP contribution in [0, 0.1) is 0 Å². The van der Waals surface area contributed by atoms with E-state index in [0.29, 0.717) is 6.29 Å². The van der Waals surface area contributed by atoms with Gasteiger partial charge < -0.3 is 8.64 Å². The van der Waals surface area contributed by atoms with Crippen molar-refractivity contribution in [3.63, 3.8) is 0 Å². The molecule has 0 aromatic carbocycles. The van der Waals surface area contributed by atoms with E-state index in [0.717, 1.165) is 19.4 Å². The van der Waals surface area contributed by atoms with Gasteiger partial charge in [0.05, 0.1) is 6.29 Å². The third-order valence-electron chi connectivity index (χ3n) is 2.95. The zero-order chi connectivity index (χ0) is 16.5. The van der Waals surface area contributed by atoms with Crippen molar-refractivity contribution in [2.24, 2.45) is 0 Å². The molecule has 1 heterocycles. The fourth-order valence-electron chi connectivity index (χ4n) is 2.57. The summed E-state index contributed by atoms with van der Waals surface area (Å²) in [6.45, 7) is 14.6. The van der Waals surface area contributed by atoms with Gasteiger partial charge in [-0.1, -0.05) is 0 Å². The summed E-state index contributed by atoms with van der Waals surface area (Å²) in [5, 5.41) is 0. The Morgan fingerprint density at radius 3 is 2.24 bits per heavy atom. The van der Waals surface area contributed by atoms with Gasteiger partial charge in [-0.3, -0.25) is 14.3 Å². The molecule has 0 radical (unpaired) electrons. The molecule has 0 aliphatic carbocycles. The van der Waals surface area contributed by atoms with Gasteiger partial charge in [0.1, 0.15) is 6.04 Å². The maximum atomic E-state index is 12.7. The maximum absolute atomic E-state index is 12.7. The topological polar surface area (TPSA) is 55.8 Å². The summed E-state index contributed by atoms with van der Waals surface area (Å²) in [6.07, 6.45) is 2.08. The second-order valence-electron chi connectivity index (χ2n) is 7.86. The van der Waals surface area contributed by atoms with Gasteiger partial charge in [-0.15, -0.1) is 0 Å². The summed E-state index contributed by atoms with van der Waals surface area (Å²) in [4.78, 5) is 14.3. The maximum Gasteiger partial charge on any atom is 0.310 e. The minimum absolute atomic E-state index is 0.153. The fraction of sp³-hybridized carbons (Fsp3) is 0.923. The molecule has 1 aliphatic rings. The zero-order valence-electron chi connectivity index (χ0n) is 14.4. The molecule has 0 amide bonds. The van der Waals surface area contributed by atoms with Crippen molar-refractivity contribution in [2.45, 2.75) is 58.2 Å². The van der Waals surface area contributed by atoms with E-state index in [4.69, 9.17) is 8.64 Å². The Hall–Kier alpha value is 0.0538. The average molecular weight is 352 g/mol. The molecule has 0 spiro atoms. The quantitative estimate of drug-likeness (QED) is 0.541. The molecule has 8 heteroatoms. The lowest BCUT2D eigenvalue weighted by Crippen LogP contribution is -2.42. The van der Waals surface area contributed by atoms with Gasteiger partial charge in [-0.05, 0) is 58.7 Å². The van der Waals surface area contributed by atoms with Crippen LogP contribution in [0.4, 0.5) is 0 Å². The molecule has 2 atom stereocenters. The Balaban J connectivity index is 2.70. The standard InChI is InChI=1S/C13H30NO4PSi2/c1-19(16,18-21(5,6)7)11-14-10-8-9-12(14)13(15)17-20(2,3)4/h12H,8-11H2,1-7H3/t12-,19+/m0/s1. The highest BCUT2D eigenvalue weighted by molar-refractivity contribution is 7.59. The van der Waals surface area contributed by atoms with E-state index in [-0.39, 0.29) is 12.0 Å². The van der Waals surface area contributed by atoms with Crippen LogP contribution in [0.2, 0.25) is 39.3 Å². The number of nitrogens with zero attached hydrogens (tertiary/aromatic N) is 1. The lowest BCUT2D eigenvalue weighted by Gasteiger charge is -2.31. The highest BCUT2D eigenvalue weighted by Crippen LogP contribution is 2.47. The van der Waals surface area contributed by atoms with Crippen LogP contribution < -0.4 is 0 Å². The number of hydrogen-bond acceptors (Lipinski definition) is 5. The first-order valence-electron chi connectivity index (χ1n) is 7.53. The largest absolute Gasteiger partial charge is 0.519 e. The van der Waals surface area contributed by atoms with Crippen molar-refractivity contribution in [3.05, 3.63) is 0 Å². The normalized spacial score (nSPS) is 23.9. The number of hydrogen-bond donors (Lipinski definition) is 0. The van der Waals surface area contributed by atoms with E-state index in [1.807, 2.05) is 44.2 Å². The summed E-state index contributed by atoms with van der Waals surface area (Å²) in [6, 6.07) is -0.254.